The number of esters is 1. The van der Waals surface area contributed by atoms with E-state index in [1.807, 2.05) is 0 Å². The molecule has 1 aliphatic heterocycles. The number of fused-ring (bicyclic) bond motifs is 1. The van der Waals surface area contributed by atoms with E-state index in [9.17, 15) is 4.79 Å². The maximum Gasteiger partial charge on any atom is 0.308 e. The van der Waals surface area contributed by atoms with Gasteiger partial charge in [0.1, 0.15) is 5.60 Å². The highest BCUT2D eigenvalue weighted by atomic mass is 16.6. The fourth-order valence-corrected chi connectivity index (χ4v) is 2.72. The van der Waals surface area contributed by atoms with E-state index in [-0.39, 0.29) is 11.6 Å². The van der Waals surface area contributed by atoms with Crippen LogP contribution in [0.3, 0.4) is 0 Å². The first kappa shape index (κ1) is 10.9. The first-order chi connectivity index (χ1) is 7.07. The molecule has 0 aromatic heterocycles. The van der Waals surface area contributed by atoms with Crippen molar-refractivity contribution in [3.63, 3.8) is 0 Å². The number of hydrogen-bond acceptors (Lipinski definition) is 3. The van der Waals surface area contributed by atoms with E-state index >= 15 is 0 Å². The molecular weight excluding hydrogens is 192 g/mol. The van der Waals surface area contributed by atoms with Gasteiger partial charge in [0.2, 0.25) is 0 Å². The van der Waals surface area contributed by atoms with Crippen molar-refractivity contribution in [1.29, 1.82) is 0 Å². The topological polar surface area (TPSA) is 38.8 Å². The second-order valence-electron chi connectivity index (χ2n) is 5.20. The number of hydrogen-bond donors (Lipinski definition) is 0. The molecule has 1 heterocycles. The summed E-state index contributed by atoms with van der Waals surface area (Å²) in [6, 6.07) is 0. The van der Waals surface area contributed by atoms with Crippen LogP contribution in [0.5, 0.6) is 0 Å². The molecule has 3 atom stereocenters. The molecule has 2 fully saturated rings. The molecule has 0 spiro atoms. The van der Waals surface area contributed by atoms with E-state index in [1.54, 1.807) is 0 Å². The van der Waals surface area contributed by atoms with Gasteiger partial charge in [0, 0.05) is 0 Å². The minimum Gasteiger partial charge on any atom is -0.469 e. The molecule has 15 heavy (non-hydrogen) atoms. The van der Waals surface area contributed by atoms with Gasteiger partial charge in [-0.2, -0.15) is 0 Å². The standard InChI is InChI=1S/C12H20O3/c1-8(2)9-4-5-12(7-11(13)14-3)10(6-9)15-12/h8-10H,4-7H2,1-3H3/t9-,10-,12-/m0/s1. The van der Waals surface area contributed by atoms with Crippen molar-refractivity contribution >= 4 is 5.97 Å². The quantitative estimate of drug-likeness (QED) is 0.531. The van der Waals surface area contributed by atoms with Crippen LogP contribution in [0.25, 0.3) is 0 Å². The summed E-state index contributed by atoms with van der Waals surface area (Å²) < 4.78 is 10.4. The Morgan fingerprint density at radius 3 is 2.87 bits per heavy atom. The fraction of sp³-hybridized carbons (Fsp3) is 0.917. The van der Waals surface area contributed by atoms with Crippen molar-refractivity contribution in [3.8, 4) is 0 Å². The second kappa shape index (κ2) is 3.78. The monoisotopic (exact) mass is 212 g/mol. The third-order valence-corrected chi connectivity index (χ3v) is 3.98. The van der Waals surface area contributed by atoms with Gasteiger partial charge < -0.3 is 9.47 Å². The van der Waals surface area contributed by atoms with Gasteiger partial charge >= 0.3 is 5.97 Å². The van der Waals surface area contributed by atoms with Crippen LogP contribution >= 0.6 is 0 Å². The van der Waals surface area contributed by atoms with Gasteiger partial charge in [0.15, 0.2) is 0 Å². The molecular formula is C12H20O3. The van der Waals surface area contributed by atoms with E-state index in [2.05, 4.69) is 13.8 Å². The number of ether oxygens (including phenoxy) is 2. The lowest BCUT2D eigenvalue weighted by Crippen LogP contribution is -2.29. The summed E-state index contributed by atoms with van der Waals surface area (Å²) in [5.41, 5.74) is -0.140. The van der Waals surface area contributed by atoms with Gasteiger partial charge in [-0.15, -0.1) is 0 Å². The van der Waals surface area contributed by atoms with E-state index in [0.29, 0.717) is 12.5 Å². The normalized spacial score (nSPS) is 38.7. The van der Waals surface area contributed by atoms with Gasteiger partial charge in [0.25, 0.3) is 0 Å². The summed E-state index contributed by atoms with van der Waals surface area (Å²) >= 11 is 0. The van der Waals surface area contributed by atoms with Crippen molar-refractivity contribution in [2.75, 3.05) is 7.11 Å². The lowest BCUT2D eigenvalue weighted by Gasteiger charge is -2.26. The SMILES string of the molecule is COC(=O)C[C@@]12CC[C@H](C(C)C)C[C@@H]1O2. The minimum absolute atomic E-state index is 0.138. The predicted molar refractivity (Wildman–Crippen MR) is 56.4 cm³/mol. The second-order valence-corrected chi connectivity index (χ2v) is 5.20. The highest BCUT2D eigenvalue weighted by molar-refractivity contribution is 5.71. The smallest absolute Gasteiger partial charge is 0.308 e. The molecule has 0 radical (unpaired) electrons. The van der Waals surface area contributed by atoms with Crippen molar-refractivity contribution in [1.82, 2.24) is 0 Å². The summed E-state index contributed by atoms with van der Waals surface area (Å²) in [7, 11) is 1.44. The maximum atomic E-state index is 11.2. The van der Waals surface area contributed by atoms with E-state index in [1.165, 1.54) is 13.5 Å². The first-order valence-electron chi connectivity index (χ1n) is 5.82. The molecule has 0 amide bonds. The molecule has 1 aliphatic carbocycles. The van der Waals surface area contributed by atoms with Crippen LogP contribution in [-0.4, -0.2) is 24.8 Å². The Morgan fingerprint density at radius 1 is 1.60 bits per heavy atom. The molecule has 1 saturated heterocycles. The van der Waals surface area contributed by atoms with Crippen LogP contribution in [0.15, 0.2) is 0 Å². The highest BCUT2D eigenvalue weighted by Gasteiger charge is 2.60. The highest BCUT2D eigenvalue weighted by Crippen LogP contribution is 2.53. The molecule has 0 N–H and O–H groups in total. The van der Waals surface area contributed by atoms with Crippen molar-refractivity contribution in [3.05, 3.63) is 0 Å². The summed E-state index contributed by atoms with van der Waals surface area (Å²) in [6.45, 7) is 4.53. The number of carbonyl (C=O) groups excluding carboxylic acids is 1. The summed E-state index contributed by atoms with van der Waals surface area (Å²) in [5, 5.41) is 0. The Bertz CT molecular complexity index is 262. The van der Waals surface area contributed by atoms with Crippen molar-refractivity contribution in [2.24, 2.45) is 11.8 Å². The molecule has 0 aromatic rings. The zero-order chi connectivity index (χ0) is 11.1. The zero-order valence-electron chi connectivity index (χ0n) is 9.79. The summed E-state index contributed by atoms with van der Waals surface area (Å²) in [5.74, 6) is 1.36. The Hall–Kier alpha value is -0.570. The number of epoxide rings is 1. The van der Waals surface area contributed by atoms with Crippen LogP contribution in [0.1, 0.15) is 39.5 Å². The lowest BCUT2D eigenvalue weighted by molar-refractivity contribution is -0.142. The Kier molecular flexibility index (Phi) is 2.75. The van der Waals surface area contributed by atoms with E-state index < -0.39 is 0 Å². The Morgan fingerprint density at radius 2 is 2.33 bits per heavy atom. The average Bonchev–Trinajstić information content (AvgIpc) is 2.90. The number of rotatable bonds is 3. The maximum absolute atomic E-state index is 11.2. The third kappa shape index (κ3) is 2.03. The summed E-state index contributed by atoms with van der Waals surface area (Å²) in [4.78, 5) is 11.2. The number of methoxy groups -OCH3 is 1. The molecule has 1 saturated carbocycles. The van der Waals surface area contributed by atoms with E-state index in [4.69, 9.17) is 9.47 Å². The Labute approximate surface area is 91.1 Å². The number of carbonyl (C=O) groups is 1. The molecule has 0 unspecified atom stereocenters. The van der Waals surface area contributed by atoms with Crippen LogP contribution in [0, 0.1) is 11.8 Å². The van der Waals surface area contributed by atoms with Crippen LogP contribution in [0.4, 0.5) is 0 Å². The fourth-order valence-electron chi connectivity index (χ4n) is 2.72. The lowest BCUT2D eigenvalue weighted by atomic mass is 9.76. The van der Waals surface area contributed by atoms with E-state index in [0.717, 1.165) is 24.7 Å². The molecule has 0 bridgehead atoms. The van der Waals surface area contributed by atoms with Crippen LogP contribution < -0.4 is 0 Å². The summed E-state index contributed by atoms with van der Waals surface area (Å²) in [6.07, 6.45) is 4.09. The van der Waals surface area contributed by atoms with Crippen molar-refractivity contribution in [2.45, 2.75) is 51.2 Å². The first-order valence-corrected chi connectivity index (χ1v) is 5.82. The van der Waals surface area contributed by atoms with Gasteiger partial charge in [-0.25, -0.2) is 0 Å². The van der Waals surface area contributed by atoms with Gasteiger partial charge in [-0.1, -0.05) is 13.8 Å². The van der Waals surface area contributed by atoms with Gasteiger partial charge in [-0.05, 0) is 31.1 Å². The Balaban J connectivity index is 1.89. The molecule has 3 heteroatoms. The van der Waals surface area contributed by atoms with Crippen LogP contribution in [0.2, 0.25) is 0 Å². The molecule has 2 rings (SSSR count). The zero-order valence-corrected chi connectivity index (χ0v) is 9.79. The largest absolute Gasteiger partial charge is 0.469 e. The molecule has 0 aromatic carbocycles. The van der Waals surface area contributed by atoms with Crippen molar-refractivity contribution < 1.29 is 14.3 Å². The molecule has 86 valence electrons. The van der Waals surface area contributed by atoms with Gasteiger partial charge in [-0.3, -0.25) is 4.79 Å². The molecule has 3 nitrogen and oxygen atoms in total. The van der Waals surface area contributed by atoms with Gasteiger partial charge in [0.05, 0.1) is 19.6 Å². The molecule has 2 aliphatic rings. The third-order valence-electron chi connectivity index (χ3n) is 3.98. The average molecular weight is 212 g/mol. The van der Waals surface area contributed by atoms with Crippen LogP contribution in [-0.2, 0) is 14.3 Å². The predicted octanol–water partition coefficient (Wildman–Crippen LogP) is 2.14. The minimum atomic E-state index is -0.140.